The van der Waals surface area contributed by atoms with E-state index in [1.165, 1.54) is 19.3 Å². The molecule has 1 fully saturated rings. The van der Waals surface area contributed by atoms with Gasteiger partial charge in [-0.15, -0.1) is 0 Å². The molecule has 6 N–H and O–H groups in total. The lowest BCUT2D eigenvalue weighted by atomic mass is 9.90. The molecule has 0 radical (unpaired) electrons. The predicted octanol–water partition coefficient (Wildman–Crippen LogP) is 6.39. The Labute approximate surface area is 338 Å². The first-order valence-corrected chi connectivity index (χ1v) is 23.6. The van der Waals surface area contributed by atoms with Gasteiger partial charge in [0.15, 0.2) is 6.10 Å². The molecule has 0 amide bonds. The van der Waals surface area contributed by atoms with Gasteiger partial charge in [-0.1, -0.05) is 109 Å². The van der Waals surface area contributed by atoms with Gasteiger partial charge in [-0.3, -0.25) is 28.0 Å². The molecule has 0 spiro atoms. The molecule has 18 heteroatoms. The molecule has 0 aromatic rings. The molecule has 0 bridgehead atoms. The van der Waals surface area contributed by atoms with Crippen molar-refractivity contribution < 1.29 is 76.6 Å². The van der Waals surface area contributed by atoms with Crippen molar-refractivity contribution in [1.82, 2.24) is 0 Å². The van der Waals surface area contributed by atoms with E-state index in [-0.39, 0.29) is 31.0 Å². The minimum absolute atomic E-state index is 0.00518. The Kier molecular flexibility index (Phi) is 28.2. The van der Waals surface area contributed by atoms with E-state index in [2.05, 4.69) is 29.8 Å². The topological polar surface area (TPSA) is 253 Å². The fraction of sp³-hybridized carbons (Fsp3) is 0.821. The first kappa shape index (κ1) is 53.2. The van der Waals surface area contributed by atoms with Crippen LogP contribution in [-0.2, 0) is 46.6 Å². The molecule has 1 aliphatic rings. The Balaban J connectivity index is 2.61. The highest BCUT2D eigenvalue weighted by atomic mass is 31.2. The smallest absolute Gasteiger partial charge is 0.462 e. The molecular weight excluding hydrogens is 786 g/mol. The molecule has 16 nitrogen and oxygen atoms in total. The number of hydrogen-bond acceptors (Lipinski definition) is 13. The zero-order chi connectivity index (χ0) is 42.7. The second-order valence-electron chi connectivity index (χ2n) is 14.9. The molecule has 1 saturated carbocycles. The number of esters is 2. The maximum Gasteiger partial charge on any atom is 0.472 e. The summed E-state index contributed by atoms with van der Waals surface area (Å²) in [6.45, 7) is 3.56. The number of hydrogen-bond donors (Lipinski definition) is 6. The van der Waals surface area contributed by atoms with Gasteiger partial charge >= 0.3 is 27.6 Å². The average molecular weight is 857 g/mol. The van der Waals surface area contributed by atoms with Gasteiger partial charge in [-0.25, -0.2) is 9.13 Å². The second-order valence-corrected chi connectivity index (χ2v) is 17.6. The van der Waals surface area contributed by atoms with E-state index in [4.69, 9.17) is 23.8 Å². The summed E-state index contributed by atoms with van der Waals surface area (Å²) in [5, 5.41) is 30.4. The summed E-state index contributed by atoms with van der Waals surface area (Å²) in [5.74, 6) is -1.37. The summed E-state index contributed by atoms with van der Waals surface area (Å²) in [7, 11) is -9.76. The summed E-state index contributed by atoms with van der Waals surface area (Å²) >= 11 is 0. The van der Waals surface area contributed by atoms with Crippen LogP contribution in [0.1, 0.15) is 136 Å². The van der Waals surface area contributed by atoms with Gasteiger partial charge in [-0.05, 0) is 38.0 Å². The Hall–Kier alpha value is -1.81. The number of carbonyl (C=O) groups excluding carboxylic acids is 3. The molecule has 1 rings (SSSR count). The Morgan fingerprint density at radius 1 is 0.807 bits per heavy atom. The maximum absolute atomic E-state index is 12.6. The summed E-state index contributed by atoms with van der Waals surface area (Å²) in [4.78, 5) is 65.2. The van der Waals surface area contributed by atoms with Gasteiger partial charge in [-0.2, -0.15) is 0 Å². The van der Waals surface area contributed by atoms with Gasteiger partial charge in [0.1, 0.15) is 18.5 Å². The minimum Gasteiger partial charge on any atom is -0.462 e. The van der Waals surface area contributed by atoms with E-state index in [0.717, 1.165) is 44.9 Å². The van der Waals surface area contributed by atoms with Crippen molar-refractivity contribution in [3.05, 3.63) is 24.3 Å². The zero-order valence-corrected chi connectivity index (χ0v) is 35.9. The van der Waals surface area contributed by atoms with Crippen LogP contribution < -0.4 is 0 Å². The molecule has 57 heavy (non-hydrogen) atoms. The second kappa shape index (κ2) is 30.3. The Morgan fingerprint density at radius 2 is 1.44 bits per heavy atom. The molecule has 0 aromatic heterocycles. The van der Waals surface area contributed by atoms with Crippen molar-refractivity contribution in [3.8, 4) is 0 Å². The molecule has 0 aromatic carbocycles. The van der Waals surface area contributed by atoms with Crippen LogP contribution in [0.4, 0.5) is 0 Å². The lowest BCUT2D eigenvalue weighted by Crippen LogP contribution is -2.30. The predicted molar refractivity (Wildman–Crippen MR) is 212 cm³/mol. The van der Waals surface area contributed by atoms with Crippen LogP contribution >= 0.6 is 15.6 Å². The first-order valence-electron chi connectivity index (χ1n) is 20.5. The number of carbonyl (C=O) groups is 3. The van der Waals surface area contributed by atoms with E-state index in [0.29, 0.717) is 38.0 Å². The molecule has 8 atom stereocenters. The molecule has 0 heterocycles. The average Bonchev–Trinajstić information content (AvgIpc) is 3.42. The van der Waals surface area contributed by atoms with Gasteiger partial charge < -0.3 is 39.5 Å². The van der Waals surface area contributed by atoms with Crippen LogP contribution in [0.25, 0.3) is 0 Å². The number of phosphoric ester groups is 2. The quantitative estimate of drug-likeness (QED) is 0.0177. The van der Waals surface area contributed by atoms with Crippen molar-refractivity contribution >= 4 is 33.4 Å². The highest BCUT2D eigenvalue weighted by Gasteiger charge is 2.39. The number of rotatable bonds is 34. The van der Waals surface area contributed by atoms with Crippen LogP contribution in [0.3, 0.4) is 0 Å². The SMILES string of the molecule is CCCCC[C@H](O)/C=C/[C@H]1C(=O)C[C@H](O)[C@@H]1C/C=C\CCCC(=O)OC[C@H](COP(=O)(O)OC[C@@H](O)COP(=O)(O)O)OC(=O)CCCCCCCCC(C)CC. The highest BCUT2D eigenvalue weighted by Crippen LogP contribution is 2.44. The summed E-state index contributed by atoms with van der Waals surface area (Å²) in [6, 6.07) is 0. The van der Waals surface area contributed by atoms with Crippen molar-refractivity contribution in [3.63, 3.8) is 0 Å². The first-order chi connectivity index (χ1) is 27.0. The van der Waals surface area contributed by atoms with Crippen LogP contribution in [0.15, 0.2) is 24.3 Å². The van der Waals surface area contributed by atoms with E-state index in [1.54, 1.807) is 12.2 Å². The van der Waals surface area contributed by atoms with E-state index < -0.39 is 84.3 Å². The minimum atomic E-state index is -4.89. The number of unbranched alkanes of at least 4 members (excludes halogenated alkanes) is 8. The third kappa shape index (κ3) is 27.6. The summed E-state index contributed by atoms with van der Waals surface area (Å²) in [5.41, 5.74) is 0. The third-order valence-corrected chi connectivity index (χ3v) is 11.2. The van der Waals surface area contributed by atoms with Crippen LogP contribution in [0, 0.1) is 17.8 Å². The summed E-state index contributed by atoms with van der Waals surface area (Å²) < 4.78 is 47.6. The van der Waals surface area contributed by atoms with Crippen molar-refractivity contribution in [2.75, 3.05) is 26.4 Å². The number of ketones is 1. The van der Waals surface area contributed by atoms with Crippen LogP contribution in [-0.4, -0.2) is 98.6 Å². The molecule has 332 valence electrons. The molecule has 0 aliphatic heterocycles. The molecular formula is C39H70O16P2. The van der Waals surface area contributed by atoms with Gasteiger partial charge in [0.05, 0.1) is 32.0 Å². The zero-order valence-electron chi connectivity index (χ0n) is 34.1. The Morgan fingerprint density at radius 3 is 2.12 bits per heavy atom. The number of aliphatic hydroxyl groups is 3. The largest absolute Gasteiger partial charge is 0.472 e. The molecule has 0 saturated heterocycles. The van der Waals surface area contributed by atoms with Crippen molar-refractivity contribution in [2.45, 2.75) is 161 Å². The number of aliphatic hydroxyl groups excluding tert-OH is 3. The van der Waals surface area contributed by atoms with E-state index in [1.807, 2.05) is 12.2 Å². The molecule has 1 aliphatic carbocycles. The van der Waals surface area contributed by atoms with Gasteiger partial charge in [0.2, 0.25) is 0 Å². The normalized spacial score (nSPS) is 20.8. The maximum atomic E-state index is 12.6. The lowest BCUT2D eigenvalue weighted by molar-refractivity contribution is -0.161. The number of phosphoric acid groups is 2. The monoisotopic (exact) mass is 856 g/mol. The number of allylic oxidation sites excluding steroid dienone is 3. The van der Waals surface area contributed by atoms with Gasteiger partial charge in [0, 0.05) is 31.1 Å². The lowest BCUT2D eigenvalue weighted by Gasteiger charge is -2.20. The van der Waals surface area contributed by atoms with E-state index >= 15 is 0 Å². The van der Waals surface area contributed by atoms with Crippen molar-refractivity contribution in [2.24, 2.45) is 17.8 Å². The highest BCUT2D eigenvalue weighted by molar-refractivity contribution is 7.47. The number of Topliss-reactive ketones (excluding diaryl/α,β-unsaturated/α-hetero) is 1. The van der Waals surface area contributed by atoms with Crippen LogP contribution in [0.2, 0.25) is 0 Å². The fourth-order valence-corrected chi connectivity index (χ4v) is 7.28. The fourth-order valence-electron chi connectivity index (χ4n) is 6.13. The summed E-state index contributed by atoms with van der Waals surface area (Å²) in [6.07, 6.45) is 15.9. The standard InChI is InChI=1S/C39H70O16P2/c1-4-6-13-19-31(40)23-24-35-34(36(42)25-37(35)43)20-15-11-12-16-21-38(44)51-28-33(29-54-57(49,50)53-27-32(41)26-52-56(46,47)48)55-39(45)22-17-10-8-7-9-14-18-30(3)5-2/h11,15,23-24,30-36,40-42H,4-10,12-14,16-22,25-29H2,1-3H3,(H,49,50)(H2,46,47,48)/b15-11-,24-23+/t30?,31-,32-,33+,34+,35+,36-/m0/s1. The van der Waals surface area contributed by atoms with E-state index in [9.17, 15) is 43.7 Å². The molecule has 2 unspecified atom stereocenters. The van der Waals surface area contributed by atoms with Crippen LogP contribution in [0.5, 0.6) is 0 Å². The Bertz CT molecular complexity index is 1290. The van der Waals surface area contributed by atoms with Gasteiger partial charge in [0.25, 0.3) is 0 Å². The third-order valence-electron chi connectivity index (χ3n) is 9.75. The number of ether oxygens (including phenoxy) is 2. The van der Waals surface area contributed by atoms with Crippen molar-refractivity contribution in [1.29, 1.82) is 0 Å².